The monoisotopic (exact) mass is 343 g/mol. The molecule has 0 bridgehead atoms. The van der Waals surface area contributed by atoms with Gasteiger partial charge >= 0.3 is 0 Å². The normalized spacial score (nSPS) is 10.8. The van der Waals surface area contributed by atoms with Gasteiger partial charge in [-0.25, -0.2) is 13.1 Å². The molecule has 0 spiro atoms. The van der Waals surface area contributed by atoms with Crippen molar-refractivity contribution < 1.29 is 13.2 Å². The third-order valence-corrected chi connectivity index (χ3v) is 4.73. The van der Waals surface area contributed by atoms with Gasteiger partial charge in [0.1, 0.15) is 0 Å². The Balaban J connectivity index is 1.97. The second-order valence-corrected chi connectivity index (χ2v) is 7.08. The maximum absolute atomic E-state index is 12.1. The lowest BCUT2D eigenvalue weighted by Crippen LogP contribution is -2.23. The van der Waals surface area contributed by atoms with Crippen molar-refractivity contribution in [2.45, 2.75) is 12.3 Å². The molecule has 0 atom stereocenters. The molecule has 1 amide bonds. The van der Waals surface area contributed by atoms with Gasteiger partial charge in [0.15, 0.2) is 0 Å². The van der Waals surface area contributed by atoms with Gasteiger partial charge in [0.2, 0.25) is 10.0 Å². The number of hydrogen-bond donors (Lipinski definition) is 2. The van der Waals surface area contributed by atoms with E-state index < -0.39 is 10.0 Å². The summed E-state index contributed by atoms with van der Waals surface area (Å²) in [6.45, 7) is 0.314. The molecule has 24 heavy (non-hydrogen) atoms. The van der Waals surface area contributed by atoms with E-state index in [0.717, 1.165) is 5.56 Å². The van der Waals surface area contributed by atoms with Crippen LogP contribution >= 0.6 is 0 Å². The molecule has 2 rings (SSSR count). The fraction of sp³-hybridized carbons (Fsp3) is 0.176. The molecular weight excluding hydrogens is 326 g/mol. The van der Waals surface area contributed by atoms with Crippen LogP contribution < -0.4 is 10.0 Å². The van der Waals surface area contributed by atoms with Crippen molar-refractivity contribution in [1.29, 1.82) is 5.26 Å². The van der Waals surface area contributed by atoms with Crippen LogP contribution in [0.25, 0.3) is 0 Å². The third kappa shape index (κ3) is 4.91. The van der Waals surface area contributed by atoms with Crippen LogP contribution in [-0.4, -0.2) is 21.4 Å². The Morgan fingerprint density at radius 3 is 2.42 bits per heavy atom. The number of rotatable bonds is 6. The van der Waals surface area contributed by atoms with Gasteiger partial charge in [0.25, 0.3) is 5.91 Å². The zero-order valence-electron chi connectivity index (χ0n) is 13.1. The van der Waals surface area contributed by atoms with Gasteiger partial charge in [-0.15, -0.1) is 0 Å². The van der Waals surface area contributed by atoms with E-state index in [2.05, 4.69) is 10.0 Å². The largest absolute Gasteiger partial charge is 0.348 e. The molecule has 0 radical (unpaired) electrons. The molecule has 2 aromatic rings. The number of nitrogens with one attached hydrogen (secondary N) is 2. The van der Waals surface area contributed by atoms with Crippen molar-refractivity contribution in [2.75, 3.05) is 7.05 Å². The smallest absolute Gasteiger partial charge is 0.251 e. The number of nitriles is 1. The Hall–Kier alpha value is -2.69. The second-order valence-electron chi connectivity index (χ2n) is 5.15. The minimum Gasteiger partial charge on any atom is -0.348 e. The number of hydrogen-bond acceptors (Lipinski definition) is 4. The standard InChI is InChI=1S/C17H17N3O3S/c1-19-24(22,23)12-14-7-5-13(6-8-14)11-20-17(21)16-4-2-3-15(9-16)10-18/h2-9,19H,11-12H2,1H3,(H,20,21). The molecule has 0 saturated carbocycles. The minimum absolute atomic E-state index is 0.0862. The van der Waals surface area contributed by atoms with Crippen molar-refractivity contribution in [3.05, 3.63) is 70.8 Å². The van der Waals surface area contributed by atoms with Crippen LogP contribution in [0, 0.1) is 11.3 Å². The van der Waals surface area contributed by atoms with Gasteiger partial charge in [0.05, 0.1) is 17.4 Å². The van der Waals surface area contributed by atoms with E-state index in [1.54, 1.807) is 42.5 Å². The Labute approximate surface area is 141 Å². The molecule has 0 aromatic heterocycles. The van der Waals surface area contributed by atoms with Crippen molar-refractivity contribution in [2.24, 2.45) is 0 Å². The average Bonchev–Trinajstić information content (AvgIpc) is 2.60. The van der Waals surface area contributed by atoms with E-state index in [1.807, 2.05) is 6.07 Å². The van der Waals surface area contributed by atoms with Crippen LogP contribution in [-0.2, 0) is 22.3 Å². The van der Waals surface area contributed by atoms with Gasteiger partial charge in [-0.3, -0.25) is 4.79 Å². The maximum atomic E-state index is 12.1. The number of sulfonamides is 1. The van der Waals surface area contributed by atoms with Crippen molar-refractivity contribution >= 4 is 15.9 Å². The Bertz CT molecular complexity index is 869. The molecule has 124 valence electrons. The van der Waals surface area contributed by atoms with Crippen LogP contribution in [0.5, 0.6) is 0 Å². The lowest BCUT2D eigenvalue weighted by Gasteiger charge is -2.07. The molecule has 0 aliphatic carbocycles. The quantitative estimate of drug-likeness (QED) is 0.831. The first kappa shape index (κ1) is 17.7. The van der Waals surface area contributed by atoms with Gasteiger partial charge < -0.3 is 5.32 Å². The first-order chi connectivity index (χ1) is 11.4. The minimum atomic E-state index is -3.30. The summed E-state index contributed by atoms with van der Waals surface area (Å²) in [6, 6.07) is 15.4. The summed E-state index contributed by atoms with van der Waals surface area (Å²) in [5.74, 6) is -0.356. The van der Waals surface area contributed by atoms with Crippen molar-refractivity contribution in [3.63, 3.8) is 0 Å². The van der Waals surface area contributed by atoms with Crippen molar-refractivity contribution in [3.8, 4) is 6.07 Å². The fourth-order valence-electron chi connectivity index (χ4n) is 2.06. The zero-order valence-corrected chi connectivity index (χ0v) is 13.9. The first-order valence-electron chi connectivity index (χ1n) is 7.21. The van der Waals surface area contributed by atoms with Crippen LogP contribution in [0.15, 0.2) is 48.5 Å². The topological polar surface area (TPSA) is 99.1 Å². The van der Waals surface area contributed by atoms with E-state index in [4.69, 9.17) is 5.26 Å². The van der Waals surface area contributed by atoms with E-state index in [0.29, 0.717) is 23.2 Å². The Morgan fingerprint density at radius 1 is 1.12 bits per heavy atom. The van der Waals surface area contributed by atoms with Gasteiger partial charge in [-0.2, -0.15) is 5.26 Å². The summed E-state index contributed by atoms with van der Waals surface area (Å²) in [4.78, 5) is 12.1. The summed E-state index contributed by atoms with van der Waals surface area (Å²) >= 11 is 0. The van der Waals surface area contributed by atoms with Crippen LogP contribution in [0.4, 0.5) is 0 Å². The maximum Gasteiger partial charge on any atom is 0.251 e. The molecule has 7 heteroatoms. The highest BCUT2D eigenvalue weighted by Crippen LogP contribution is 2.09. The molecule has 0 aliphatic heterocycles. The van der Waals surface area contributed by atoms with Crippen molar-refractivity contribution in [1.82, 2.24) is 10.0 Å². The predicted molar refractivity (Wildman–Crippen MR) is 90.5 cm³/mol. The molecule has 0 unspecified atom stereocenters. The van der Waals surface area contributed by atoms with Crippen LogP contribution in [0.3, 0.4) is 0 Å². The van der Waals surface area contributed by atoms with Crippen LogP contribution in [0.1, 0.15) is 27.0 Å². The van der Waals surface area contributed by atoms with Gasteiger partial charge in [-0.05, 0) is 36.4 Å². The SMILES string of the molecule is CNS(=O)(=O)Cc1ccc(CNC(=O)c2cccc(C#N)c2)cc1. The van der Waals surface area contributed by atoms with Gasteiger partial charge in [0, 0.05) is 12.1 Å². The van der Waals surface area contributed by atoms with Crippen LogP contribution in [0.2, 0.25) is 0 Å². The van der Waals surface area contributed by atoms with E-state index in [-0.39, 0.29) is 11.7 Å². The lowest BCUT2D eigenvalue weighted by molar-refractivity contribution is 0.0951. The number of amides is 1. The summed E-state index contributed by atoms with van der Waals surface area (Å²) in [6.07, 6.45) is 0. The molecule has 6 nitrogen and oxygen atoms in total. The fourth-order valence-corrected chi connectivity index (χ4v) is 2.83. The van der Waals surface area contributed by atoms with E-state index in [9.17, 15) is 13.2 Å². The molecular formula is C17H17N3O3S. The summed E-state index contributed by atoms with van der Waals surface area (Å²) < 4.78 is 25.2. The molecule has 0 fully saturated rings. The Morgan fingerprint density at radius 2 is 1.79 bits per heavy atom. The highest BCUT2D eigenvalue weighted by molar-refractivity contribution is 7.88. The molecule has 2 aromatic carbocycles. The number of benzene rings is 2. The number of carbonyl (C=O) groups excluding carboxylic acids is 1. The number of nitrogens with zero attached hydrogens (tertiary/aromatic N) is 1. The third-order valence-electron chi connectivity index (χ3n) is 3.40. The average molecular weight is 343 g/mol. The summed E-state index contributed by atoms with van der Waals surface area (Å²) in [5, 5.41) is 11.6. The van der Waals surface area contributed by atoms with E-state index in [1.165, 1.54) is 13.1 Å². The second kappa shape index (κ2) is 7.73. The lowest BCUT2D eigenvalue weighted by atomic mass is 10.1. The van der Waals surface area contributed by atoms with E-state index >= 15 is 0 Å². The highest BCUT2D eigenvalue weighted by atomic mass is 32.2. The summed E-state index contributed by atoms with van der Waals surface area (Å²) in [5.41, 5.74) is 2.37. The molecule has 0 aliphatic rings. The number of carbonyl (C=O) groups is 1. The highest BCUT2D eigenvalue weighted by Gasteiger charge is 2.09. The molecule has 0 saturated heterocycles. The zero-order chi connectivity index (χ0) is 17.6. The predicted octanol–water partition coefficient (Wildman–Crippen LogP) is 1.54. The summed E-state index contributed by atoms with van der Waals surface area (Å²) in [7, 11) is -1.92. The molecule has 2 N–H and O–H groups in total. The molecule has 0 heterocycles. The Kier molecular flexibility index (Phi) is 5.68. The van der Waals surface area contributed by atoms with Gasteiger partial charge in [-0.1, -0.05) is 30.3 Å². The first-order valence-corrected chi connectivity index (χ1v) is 8.86.